The molecule has 0 aliphatic carbocycles. The van der Waals surface area contributed by atoms with E-state index in [-0.39, 0.29) is 18.4 Å². The summed E-state index contributed by atoms with van der Waals surface area (Å²) in [6.07, 6.45) is 1.13. The third-order valence-corrected chi connectivity index (χ3v) is 3.23. The molecule has 0 aliphatic rings. The number of hydrogen-bond donors (Lipinski definition) is 1. The molecule has 0 heterocycles. The van der Waals surface area contributed by atoms with E-state index in [4.69, 9.17) is 5.73 Å². The standard InChI is InChI=1S/C11H16IN.ClH/c1-3-8(2)11(13)9-4-6-10(12)7-5-9;/h4-8,11H,3,13H2,1-2H3;1H/t8?,11-;/m0./s1. The molecule has 0 spiro atoms. The molecule has 3 heteroatoms. The Morgan fingerprint density at radius 1 is 1.29 bits per heavy atom. The molecule has 0 radical (unpaired) electrons. The van der Waals surface area contributed by atoms with Crippen LogP contribution in [-0.4, -0.2) is 0 Å². The molecular formula is C11H17ClIN. The molecule has 0 amide bonds. The molecule has 1 aromatic carbocycles. The van der Waals surface area contributed by atoms with Gasteiger partial charge < -0.3 is 5.73 Å². The normalized spacial score (nSPS) is 14.3. The maximum absolute atomic E-state index is 6.10. The predicted octanol–water partition coefficient (Wildman–Crippen LogP) is 3.76. The maximum atomic E-state index is 6.10. The second kappa shape index (κ2) is 6.64. The van der Waals surface area contributed by atoms with Crippen LogP contribution in [0, 0.1) is 9.49 Å². The third kappa shape index (κ3) is 3.75. The first-order valence-corrected chi connectivity index (χ1v) is 5.74. The van der Waals surface area contributed by atoms with Gasteiger partial charge in [0.05, 0.1) is 0 Å². The average Bonchev–Trinajstić information content (AvgIpc) is 2.17. The van der Waals surface area contributed by atoms with E-state index >= 15 is 0 Å². The molecule has 0 saturated heterocycles. The lowest BCUT2D eigenvalue weighted by Crippen LogP contribution is -2.18. The average molecular weight is 326 g/mol. The highest BCUT2D eigenvalue weighted by Crippen LogP contribution is 2.22. The third-order valence-electron chi connectivity index (χ3n) is 2.51. The summed E-state index contributed by atoms with van der Waals surface area (Å²) < 4.78 is 1.26. The Labute approximate surface area is 106 Å². The molecule has 0 bridgehead atoms. The van der Waals surface area contributed by atoms with Gasteiger partial charge in [0, 0.05) is 9.61 Å². The van der Waals surface area contributed by atoms with Gasteiger partial charge in [-0.05, 0) is 46.2 Å². The summed E-state index contributed by atoms with van der Waals surface area (Å²) in [5.74, 6) is 0.556. The molecule has 0 aliphatic heterocycles. The van der Waals surface area contributed by atoms with E-state index in [1.165, 1.54) is 9.13 Å². The van der Waals surface area contributed by atoms with Crippen molar-refractivity contribution in [1.82, 2.24) is 0 Å². The molecule has 1 unspecified atom stereocenters. The van der Waals surface area contributed by atoms with Crippen molar-refractivity contribution in [3.05, 3.63) is 33.4 Å². The van der Waals surface area contributed by atoms with Crippen molar-refractivity contribution in [3.63, 3.8) is 0 Å². The maximum Gasteiger partial charge on any atom is 0.0320 e. The van der Waals surface area contributed by atoms with Crippen molar-refractivity contribution in [2.45, 2.75) is 26.3 Å². The number of halogens is 2. The van der Waals surface area contributed by atoms with Gasteiger partial charge in [0.15, 0.2) is 0 Å². The quantitative estimate of drug-likeness (QED) is 0.841. The van der Waals surface area contributed by atoms with E-state index in [2.05, 4.69) is 60.7 Å². The molecule has 1 rings (SSSR count). The van der Waals surface area contributed by atoms with Crippen LogP contribution in [0.2, 0.25) is 0 Å². The van der Waals surface area contributed by atoms with Crippen LogP contribution in [0.4, 0.5) is 0 Å². The Balaban J connectivity index is 0.00000169. The molecule has 14 heavy (non-hydrogen) atoms. The van der Waals surface area contributed by atoms with Crippen molar-refractivity contribution in [3.8, 4) is 0 Å². The Hall–Kier alpha value is 0.200. The fourth-order valence-electron chi connectivity index (χ4n) is 1.27. The Bertz CT molecular complexity index is 260. The molecule has 2 N–H and O–H groups in total. The summed E-state index contributed by atoms with van der Waals surface area (Å²) in [6.45, 7) is 4.37. The predicted molar refractivity (Wildman–Crippen MR) is 72.8 cm³/mol. The van der Waals surface area contributed by atoms with Crippen molar-refractivity contribution in [2.24, 2.45) is 11.7 Å². The highest BCUT2D eigenvalue weighted by molar-refractivity contribution is 14.1. The number of nitrogens with two attached hydrogens (primary N) is 1. The number of benzene rings is 1. The van der Waals surface area contributed by atoms with Crippen LogP contribution >= 0.6 is 35.0 Å². The highest BCUT2D eigenvalue weighted by atomic mass is 127. The van der Waals surface area contributed by atoms with E-state index in [1.807, 2.05) is 0 Å². The zero-order chi connectivity index (χ0) is 9.84. The van der Waals surface area contributed by atoms with Crippen LogP contribution in [0.3, 0.4) is 0 Å². The van der Waals surface area contributed by atoms with Gasteiger partial charge >= 0.3 is 0 Å². The van der Waals surface area contributed by atoms with Crippen LogP contribution < -0.4 is 5.73 Å². The first-order chi connectivity index (χ1) is 6.15. The second-order valence-corrected chi connectivity index (χ2v) is 4.71. The first-order valence-electron chi connectivity index (χ1n) is 4.66. The SMILES string of the molecule is CCC(C)[C@H](N)c1ccc(I)cc1.Cl. The fraction of sp³-hybridized carbons (Fsp3) is 0.455. The summed E-state index contributed by atoms with van der Waals surface area (Å²) in [4.78, 5) is 0. The monoisotopic (exact) mass is 325 g/mol. The molecule has 1 nitrogen and oxygen atoms in total. The zero-order valence-electron chi connectivity index (χ0n) is 8.53. The summed E-state index contributed by atoms with van der Waals surface area (Å²) in [6, 6.07) is 8.65. The van der Waals surface area contributed by atoms with Crippen molar-refractivity contribution in [1.29, 1.82) is 0 Å². The highest BCUT2D eigenvalue weighted by Gasteiger charge is 2.12. The second-order valence-electron chi connectivity index (χ2n) is 3.46. The molecule has 2 atom stereocenters. The summed E-state index contributed by atoms with van der Waals surface area (Å²) >= 11 is 2.31. The Kier molecular flexibility index (Phi) is 6.74. The molecule has 0 aromatic heterocycles. The summed E-state index contributed by atoms with van der Waals surface area (Å²) in [7, 11) is 0. The van der Waals surface area contributed by atoms with E-state index in [9.17, 15) is 0 Å². The minimum atomic E-state index is 0. The molecule has 1 aromatic rings. The first kappa shape index (κ1) is 14.2. The zero-order valence-corrected chi connectivity index (χ0v) is 11.5. The fourth-order valence-corrected chi connectivity index (χ4v) is 1.63. The molecular weight excluding hydrogens is 308 g/mol. The minimum Gasteiger partial charge on any atom is -0.324 e. The van der Waals surface area contributed by atoms with E-state index in [0.29, 0.717) is 5.92 Å². The van der Waals surface area contributed by atoms with Gasteiger partial charge in [-0.25, -0.2) is 0 Å². The lowest BCUT2D eigenvalue weighted by molar-refractivity contribution is 0.457. The van der Waals surface area contributed by atoms with Crippen LogP contribution in [0.25, 0.3) is 0 Å². The minimum absolute atomic E-state index is 0. The van der Waals surface area contributed by atoms with Gasteiger partial charge in [0.1, 0.15) is 0 Å². The lowest BCUT2D eigenvalue weighted by atomic mass is 9.93. The lowest BCUT2D eigenvalue weighted by Gasteiger charge is -2.18. The van der Waals surface area contributed by atoms with Crippen molar-refractivity contribution in [2.75, 3.05) is 0 Å². The van der Waals surface area contributed by atoms with Crippen LogP contribution in [0.1, 0.15) is 31.9 Å². The van der Waals surface area contributed by atoms with Crippen LogP contribution in [0.5, 0.6) is 0 Å². The van der Waals surface area contributed by atoms with Gasteiger partial charge in [-0.1, -0.05) is 32.4 Å². The van der Waals surface area contributed by atoms with Gasteiger partial charge in [-0.15, -0.1) is 12.4 Å². The number of rotatable bonds is 3. The van der Waals surface area contributed by atoms with Gasteiger partial charge in [0.2, 0.25) is 0 Å². The van der Waals surface area contributed by atoms with Crippen LogP contribution in [0.15, 0.2) is 24.3 Å². The van der Waals surface area contributed by atoms with E-state index < -0.39 is 0 Å². The van der Waals surface area contributed by atoms with Crippen molar-refractivity contribution < 1.29 is 0 Å². The Morgan fingerprint density at radius 3 is 2.21 bits per heavy atom. The van der Waals surface area contributed by atoms with Gasteiger partial charge in [-0.2, -0.15) is 0 Å². The van der Waals surface area contributed by atoms with E-state index in [1.54, 1.807) is 0 Å². The summed E-state index contributed by atoms with van der Waals surface area (Å²) in [5.41, 5.74) is 7.34. The molecule has 80 valence electrons. The Morgan fingerprint density at radius 2 is 1.79 bits per heavy atom. The van der Waals surface area contributed by atoms with Crippen molar-refractivity contribution >= 4 is 35.0 Å². The molecule has 0 fully saturated rings. The van der Waals surface area contributed by atoms with E-state index in [0.717, 1.165) is 6.42 Å². The molecule has 0 saturated carbocycles. The summed E-state index contributed by atoms with van der Waals surface area (Å²) in [5, 5.41) is 0. The smallest absolute Gasteiger partial charge is 0.0320 e. The largest absolute Gasteiger partial charge is 0.324 e. The van der Waals surface area contributed by atoms with Gasteiger partial charge in [0.25, 0.3) is 0 Å². The topological polar surface area (TPSA) is 26.0 Å². The van der Waals surface area contributed by atoms with Crippen LogP contribution in [-0.2, 0) is 0 Å². The number of hydrogen-bond acceptors (Lipinski definition) is 1. The van der Waals surface area contributed by atoms with Gasteiger partial charge in [-0.3, -0.25) is 0 Å².